The first-order chi connectivity index (χ1) is 14.7. The van der Waals surface area contributed by atoms with E-state index in [1.807, 2.05) is 14.1 Å². The first-order valence-corrected chi connectivity index (χ1v) is 10.3. The van der Waals surface area contributed by atoms with E-state index in [2.05, 4.69) is 5.32 Å². The van der Waals surface area contributed by atoms with Crippen molar-refractivity contribution in [2.24, 2.45) is 0 Å². The molecular weight excluding hydrogens is 410 g/mol. The maximum atomic E-state index is 14.9. The molecule has 0 aromatic heterocycles. The molecule has 2 saturated heterocycles. The smallest absolute Gasteiger partial charge is 0.313 e. The number of ether oxygens (including phenoxy) is 1. The molecule has 2 fully saturated rings. The van der Waals surface area contributed by atoms with Crippen molar-refractivity contribution < 1.29 is 27.9 Å². The van der Waals surface area contributed by atoms with Gasteiger partial charge in [-0.05, 0) is 31.8 Å². The lowest BCUT2D eigenvalue weighted by Gasteiger charge is -2.36. The highest BCUT2D eigenvalue weighted by molar-refractivity contribution is 5.81. The average molecular weight is 438 g/mol. The number of esters is 1. The average Bonchev–Trinajstić information content (AvgIpc) is 3.06. The Morgan fingerprint density at radius 3 is 2.32 bits per heavy atom. The number of halogens is 2. The van der Waals surface area contributed by atoms with Crippen molar-refractivity contribution in [3.05, 3.63) is 29.3 Å². The molecule has 0 radical (unpaired) electrons. The van der Waals surface area contributed by atoms with Gasteiger partial charge in [0.15, 0.2) is 0 Å². The molecule has 8 nitrogen and oxygen atoms in total. The van der Waals surface area contributed by atoms with Gasteiger partial charge < -0.3 is 24.8 Å². The minimum absolute atomic E-state index is 0.0190. The van der Waals surface area contributed by atoms with Crippen LogP contribution in [-0.2, 0) is 19.1 Å². The molecule has 31 heavy (non-hydrogen) atoms. The molecular formula is C21H28F2N4O4. The lowest BCUT2D eigenvalue weighted by molar-refractivity contribution is -0.142. The van der Waals surface area contributed by atoms with Crippen molar-refractivity contribution in [1.29, 1.82) is 0 Å². The van der Waals surface area contributed by atoms with Gasteiger partial charge in [-0.15, -0.1) is 0 Å². The van der Waals surface area contributed by atoms with Crippen LogP contribution in [0.2, 0.25) is 0 Å². The molecule has 0 saturated carbocycles. The lowest BCUT2D eigenvalue weighted by Crippen LogP contribution is -2.51. The molecule has 2 atom stereocenters. The summed E-state index contributed by atoms with van der Waals surface area (Å²) in [4.78, 5) is 40.4. The quantitative estimate of drug-likeness (QED) is 0.659. The highest BCUT2D eigenvalue weighted by atomic mass is 19.1. The zero-order chi connectivity index (χ0) is 22.7. The highest BCUT2D eigenvalue weighted by Crippen LogP contribution is 2.34. The minimum atomic E-state index is -0.780. The molecule has 2 aliphatic rings. The van der Waals surface area contributed by atoms with E-state index in [-0.39, 0.29) is 42.6 Å². The van der Waals surface area contributed by atoms with E-state index < -0.39 is 29.6 Å². The SMILES string of the molecule is CC(=O)NCC1C[C@H](c2cc(F)c(N3CCN(C(=O)CN(C)C)CC3)c(F)c2)C(=O)O1. The van der Waals surface area contributed by atoms with Crippen molar-refractivity contribution in [1.82, 2.24) is 15.1 Å². The lowest BCUT2D eigenvalue weighted by atomic mass is 9.94. The highest BCUT2D eigenvalue weighted by Gasteiger charge is 2.37. The second-order valence-corrected chi connectivity index (χ2v) is 8.22. The number of nitrogens with zero attached hydrogens (tertiary/aromatic N) is 3. The van der Waals surface area contributed by atoms with Crippen LogP contribution in [0.1, 0.15) is 24.8 Å². The van der Waals surface area contributed by atoms with Crippen molar-refractivity contribution in [3.8, 4) is 0 Å². The summed E-state index contributed by atoms with van der Waals surface area (Å²) in [5.74, 6) is -3.10. The summed E-state index contributed by atoms with van der Waals surface area (Å²) < 4.78 is 35.0. The van der Waals surface area contributed by atoms with E-state index in [4.69, 9.17) is 4.74 Å². The number of carbonyl (C=O) groups is 3. The molecule has 2 amide bonds. The molecule has 0 bridgehead atoms. The molecule has 10 heteroatoms. The predicted octanol–water partition coefficient (Wildman–Crippen LogP) is 0.710. The van der Waals surface area contributed by atoms with Crippen LogP contribution in [0.15, 0.2) is 12.1 Å². The van der Waals surface area contributed by atoms with Crippen LogP contribution in [0, 0.1) is 11.6 Å². The van der Waals surface area contributed by atoms with Crippen LogP contribution in [0.5, 0.6) is 0 Å². The third-order valence-electron chi connectivity index (χ3n) is 5.49. The van der Waals surface area contributed by atoms with Gasteiger partial charge in [-0.3, -0.25) is 14.4 Å². The van der Waals surface area contributed by atoms with Gasteiger partial charge in [0.05, 0.1) is 19.0 Å². The van der Waals surface area contributed by atoms with Gasteiger partial charge in [0, 0.05) is 39.5 Å². The largest absolute Gasteiger partial charge is 0.460 e. The summed E-state index contributed by atoms with van der Waals surface area (Å²) in [5, 5.41) is 2.58. The Morgan fingerprint density at radius 1 is 1.16 bits per heavy atom. The Labute approximate surface area is 180 Å². The monoisotopic (exact) mass is 438 g/mol. The zero-order valence-electron chi connectivity index (χ0n) is 18.0. The number of benzene rings is 1. The van der Waals surface area contributed by atoms with E-state index in [1.54, 1.807) is 14.7 Å². The maximum Gasteiger partial charge on any atom is 0.313 e. The van der Waals surface area contributed by atoms with E-state index in [0.29, 0.717) is 26.2 Å². The predicted molar refractivity (Wildman–Crippen MR) is 110 cm³/mol. The van der Waals surface area contributed by atoms with E-state index in [0.717, 1.165) is 0 Å². The summed E-state index contributed by atoms with van der Waals surface area (Å²) in [6, 6.07) is 2.35. The van der Waals surface area contributed by atoms with Crippen molar-refractivity contribution in [3.63, 3.8) is 0 Å². The number of piperazine rings is 1. The summed E-state index contributed by atoms with van der Waals surface area (Å²) in [6.45, 7) is 3.21. The number of amides is 2. The van der Waals surface area contributed by atoms with Crippen LogP contribution in [0.4, 0.5) is 14.5 Å². The van der Waals surface area contributed by atoms with Gasteiger partial charge in [-0.1, -0.05) is 0 Å². The fraction of sp³-hybridized carbons (Fsp3) is 0.571. The molecule has 2 heterocycles. The van der Waals surface area contributed by atoms with Gasteiger partial charge in [0.25, 0.3) is 0 Å². The number of likely N-dealkylation sites (N-methyl/N-ethyl adjacent to an activating group) is 1. The van der Waals surface area contributed by atoms with Gasteiger partial charge in [-0.25, -0.2) is 8.78 Å². The topological polar surface area (TPSA) is 82.2 Å². The van der Waals surface area contributed by atoms with Crippen LogP contribution in [-0.4, -0.2) is 87.1 Å². The number of rotatable bonds is 6. The molecule has 1 aromatic carbocycles. The van der Waals surface area contributed by atoms with Gasteiger partial charge >= 0.3 is 5.97 Å². The van der Waals surface area contributed by atoms with Crippen molar-refractivity contribution >= 4 is 23.5 Å². The summed E-state index contributed by atoms with van der Waals surface area (Å²) in [5.41, 5.74) is 0.0680. The number of cyclic esters (lactones) is 1. The minimum Gasteiger partial charge on any atom is -0.460 e. The first-order valence-electron chi connectivity index (χ1n) is 10.3. The number of hydrogen-bond donors (Lipinski definition) is 1. The van der Waals surface area contributed by atoms with Crippen molar-refractivity contribution in [2.75, 3.05) is 58.3 Å². The van der Waals surface area contributed by atoms with Crippen LogP contribution in [0.3, 0.4) is 0 Å². The Hall–Kier alpha value is -2.75. The third kappa shape index (κ3) is 5.49. The standard InChI is InChI=1S/C21H28F2N4O4/c1-13(28)24-11-15-10-16(21(30)31-15)14-8-17(22)20(18(23)9-14)27-6-4-26(5-7-27)19(29)12-25(2)3/h8-9,15-16H,4-7,10-12H2,1-3H3,(H,24,28)/t15?,16-/m1/s1. The van der Waals surface area contributed by atoms with Gasteiger partial charge in [0.2, 0.25) is 11.8 Å². The van der Waals surface area contributed by atoms with E-state index >= 15 is 0 Å². The maximum absolute atomic E-state index is 14.9. The second kappa shape index (κ2) is 9.59. The van der Waals surface area contributed by atoms with Crippen LogP contribution in [0.25, 0.3) is 0 Å². The Kier molecular flexibility index (Phi) is 7.09. The summed E-state index contributed by atoms with van der Waals surface area (Å²) >= 11 is 0. The molecule has 170 valence electrons. The molecule has 1 N–H and O–H groups in total. The Morgan fingerprint density at radius 2 is 1.77 bits per heavy atom. The normalized spacial score (nSPS) is 21.4. The molecule has 0 aliphatic carbocycles. The Balaban J connectivity index is 1.67. The first kappa shape index (κ1) is 22.9. The summed E-state index contributed by atoms with van der Waals surface area (Å²) in [7, 11) is 3.62. The second-order valence-electron chi connectivity index (χ2n) is 8.22. The number of nitrogens with one attached hydrogen (secondary N) is 1. The van der Waals surface area contributed by atoms with Crippen molar-refractivity contribution in [2.45, 2.75) is 25.4 Å². The van der Waals surface area contributed by atoms with Gasteiger partial charge in [0.1, 0.15) is 23.4 Å². The van der Waals surface area contributed by atoms with Crippen LogP contribution >= 0.6 is 0 Å². The molecule has 2 aliphatic heterocycles. The zero-order valence-corrected chi connectivity index (χ0v) is 18.0. The molecule has 0 spiro atoms. The fourth-order valence-electron chi connectivity index (χ4n) is 3.95. The molecule has 1 unspecified atom stereocenters. The molecule has 1 aromatic rings. The summed E-state index contributed by atoms with van der Waals surface area (Å²) in [6.07, 6.45) is -0.288. The number of carbonyl (C=O) groups excluding carboxylic acids is 3. The van der Waals surface area contributed by atoms with E-state index in [1.165, 1.54) is 19.1 Å². The molecule has 3 rings (SSSR count). The third-order valence-corrected chi connectivity index (χ3v) is 5.49. The fourth-order valence-corrected chi connectivity index (χ4v) is 3.95. The van der Waals surface area contributed by atoms with Gasteiger partial charge in [-0.2, -0.15) is 0 Å². The van der Waals surface area contributed by atoms with E-state index in [9.17, 15) is 23.2 Å². The number of hydrogen-bond acceptors (Lipinski definition) is 6. The number of anilines is 1. The Bertz CT molecular complexity index is 833. The van der Waals surface area contributed by atoms with Crippen LogP contribution < -0.4 is 10.2 Å².